The summed E-state index contributed by atoms with van der Waals surface area (Å²) in [7, 11) is 0. The summed E-state index contributed by atoms with van der Waals surface area (Å²) in [6, 6.07) is 1.24. The molecule has 88 valence electrons. The summed E-state index contributed by atoms with van der Waals surface area (Å²) in [5.41, 5.74) is 0. The Morgan fingerprint density at radius 3 is 2.75 bits per heavy atom. The van der Waals surface area contributed by atoms with Crippen LogP contribution in [0.4, 0.5) is 4.39 Å². The maximum atomic E-state index is 12.8. The lowest BCUT2D eigenvalue weighted by Gasteiger charge is -2.31. The van der Waals surface area contributed by atoms with Crippen molar-refractivity contribution in [3.05, 3.63) is 18.3 Å². The highest BCUT2D eigenvalue weighted by Crippen LogP contribution is 2.31. The van der Waals surface area contributed by atoms with Crippen LogP contribution in [-0.4, -0.2) is 16.1 Å². The molecule has 0 radical (unpaired) electrons. The van der Waals surface area contributed by atoms with E-state index in [0.29, 0.717) is 11.8 Å². The van der Waals surface area contributed by atoms with Crippen LogP contribution in [0.15, 0.2) is 12.4 Å². The van der Waals surface area contributed by atoms with Crippen LogP contribution in [-0.2, 0) is 0 Å². The van der Waals surface area contributed by atoms with Crippen molar-refractivity contribution in [1.29, 1.82) is 0 Å². The van der Waals surface area contributed by atoms with Gasteiger partial charge in [-0.05, 0) is 31.1 Å². The highest BCUT2D eigenvalue weighted by atomic mass is 19.1. The third kappa shape index (κ3) is 2.68. The summed E-state index contributed by atoms with van der Waals surface area (Å²) in [5, 5.41) is 0. The Bertz CT molecular complexity index is 359. The van der Waals surface area contributed by atoms with E-state index in [2.05, 4.69) is 23.8 Å². The number of ether oxygens (including phenoxy) is 1. The van der Waals surface area contributed by atoms with Gasteiger partial charge in [-0.1, -0.05) is 13.8 Å². The van der Waals surface area contributed by atoms with Gasteiger partial charge < -0.3 is 4.74 Å². The van der Waals surface area contributed by atoms with Gasteiger partial charge >= 0.3 is 0 Å². The highest BCUT2D eigenvalue weighted by Gasteiger charge is 2.25. The van der Waals surface area contributed by atoms with Crippen LogP contribution in [0.5, 0.6) is 5.88 Å². The van der Waals surface area contributed by atoms with E-state index in [1.165, 1.54) is 18.8 Å². The number of hydrogen-bond acceptors (Lipinski definition) is 3. The van der Waals surface area contributed by atoms with Crippen molar-refractivity contribution in [2.45, 2.75) is 39.2 Å². The molecule has 0 spiro atoms. The maximum absolute atomic E-state index is 12.8. The Morgan fingerprint density at radius 1 is 1.25 bits per heavy atom. The second-order valence-corrected chi connectivity index (χ2v) is 4.69. The number of aromatic nitrogens is 2. The lowest BCUT2D eigenvalue weighted by Crippen LogP contribution is -2.29. The normalized spacial score (nSPS) is 30.1. The van der Waals surface area contributed by atoms with E-state index >= 15 is 0 Å². The van der Waals surface area contributed by atoms with Gasteiger partial charge in [0.05, 0.1) is 6.07 Å². The lowest BCUT2D eigenvalue weighted by molar-refractivity contribution is 0.0958. The predicted molar refractivity (Wildman–Crippen MR) is 58.6 cm³/mol. The molecule has 1 saturated carbocycles. The molecule has 3 atom stereocenters. The zero-order chi connectivity index (χ0) is 11.5. The van der Waals surface area contributed by atoms with Crippen LogP contribution < -0.4 is 4.74 Å². The van der Waals surface area contributed by atoms with E-state index in [1.54, 1.807) is 0 Å². The molecule has 1 heterocycles. The fraction of sp³-hybridized carbons (Fsp3) is 0.667. The monoisotopic (exact) mass is 224 g/mol. The van der Waals surface area contributed by atoms with Gasteiger partial charge in [0.1, 0.15) is 12.4 Å². The zero-order valence-electron chi connectivity index (χ0n) is 9.69. The molecule has 4 heteroatoms. The molecule has 0 N–H and O–H groups in total. The Balaban J connectivity index is 1.95. The first kappa shape index (κ1) is 11.3. The molecule has 0 aromatic carbocycles. The first-order chi connectivity index (χ1) is 7.65. The van der Waals surface area contributed by atoms with Crippen molar-refractivity contribution in [3.63, 3.8) is 0 Å². The minimum atomic E-state index is -0.540. The average molecular weight is 224 g/mol. The molecule has 0 saturated heterocycles. The van der Waals surface area contributed by atoms with Crippen molar-refractivity contribution in [3.8, 4) is 5.88 Å². The van der Waals surface area contributed by atoms with Crippen LogP contribution in [0.25, 0.3) is 0 Å². The largest absolute Gasteiger partial charge is 0.474 e. The van der Waals surface area contributed by atoms with Crippen molar-refractivity contribution >= 4 is 0 Å². The van der Waals surface area contributed by atoms with Crippen LogP contribution >= 0.6 is 0 Å². The van der Waals surface area contributed by atoms with E-state index in [9.17, 15) is 4.39 Å². The summed E-state index contributed by atoms with van der Waals surface area (Å²) < 4.78 is 18.5. The molecular weight excluding hydrogens is 207 g/mol. The Morgan fingerprint density at radius 2 is 2.06 bits per heavy atom. The van der Waals surface area contributed by atoms with E-state index in [4.69, 9.17) is 4.74 Å². The molecule has 1 fully saturated rings. The molecule has 1 aromatic heterocycles. The molecular formula is C12H17FN2O. The van der Waals surface area contributed by atoms with Gasteiger partial charge in [0.15, 0.2) is 0 Å². The van der Waals surface area contributed by atoms with E-state index in [1.807, 2.05) is 0 Å². The second-order valence-electron chi connectivity index (χ2n) is 4.69. The van der Waals surface area contributed by atoms with Gasteiger partial charge in [-0.3, -0.25) is 0 Å². The van der Waals surface area contributed by atoms with Crippen molar-refractivity contribution < 1.29 is 9.13 Å². The summed E-state index contributed by atoms with van der Waals surface area (Å²) in [4.78, 5) is 7.31. The fourth-order valence-corrected chi connectivity index (χ4v) is 2.16. The lowest BCUT2D eigenvalue weighted by atomic mass is 9.80. The SMILES string of the molecule is CC1CCC(Oc2cc(F)ncn2)CC1C. The van der Waals surface area contributed by atoms with E-state index in [0.717, 1.165) is 18.8 Å². The predicted octanol–water partition coefficient (Wildman–Crippen LogP) is 2.82. The van der Waals surface area contributed by atoms with Crippen LogP contribution in [0, 0.1) is 17.8 Å². The third-order valence-corrected chi connectivity index (χ3v) is 3.45. The Hall–Kier alpha value is -1.19. The summed E-state index contributed by atoms with van der Waals surface area (Å²) >= 11 is 0. The molecule has 16 heavy (non-hydrogen) atoms. The summed E-state index contributed by atoms with van der Waals surface area (Å²) in [6.07, 6.45) is 4.57. The number of halogens is 1. The van der Waals surface area contributed by atoms with Gasteiger partial charge in [-0.25, -0.2) is 9.97 Å². The van der Waals surface area contributed by atoms with Crippen molar-refractivity contribution in [1.82, 2.24) is 9.97 Å². The first-order valence-corrected chi connectivity index (χ1v) is 5.79. The molecule has 0 bridgehead atoms. The average Bonchev–Trinajstić information content (AvgIpc) is 2.24. The Labute approximate surface area is 95.1 Å². The Kier molecular flexibility index (Phi) is 3.36. The number of nitrogens with zero attached hydrogens (tertiary/aromatic N) is 2. The molecule has 1 aliphatic rings. The zero-order valence-corrected chi connectivity index (χ0v) is 9.69. The van der Waals surface area contributed by atoms with Crippen LogP contribution in [0.3, 0.4) is 0 Å². The quantitative estimate of drug-likeness (QED) is 0.724. The van der Waals surface area contributed by atoms with Gasteiger partial charge in [0.25, 0.3) is 0 Å². The topological polar surface area (TPSA) is 35.0 Å². The van der Waals surface area contributed by atoms with Gasteiger partial charge in [-0.15, -0.1) is 0 Å². The molecule has 0 amide bonds. The standard InChI is InChI=1S/C12H17FN2O/c1-8-3-4-10(5-9(8)2)16-12-6-11(13)14-7-15-12/h6-10H,3-5H2,1-2H3. The van der Waals surface area contributed by atoms with Gasteiger partial charge in [0.2, 0.25) is 11.8 Å². The maximum Gasteiger partial charge on any atom is 0.219 e. The second kappa shape index (κ2) is 4.76. The summed E-state index contributed by atoms with van der Waals surface area (Å²) in [5.74, 6) is 1.22. The molecule has 3 unspecified atom stereocenters. The van der Waals surface area contributed by atoms with E-state index < -0.39 is 5.95 Å². The van der Waals surface area contributed by atoms with E-state index in [-0.39, 0.29) is 6.10 Å². The third-order valence-electron chi connectivity index (χ3n) is 3.45. The number of rotatable bonds is 2. The molecule has 1 aliphatic carbocycles. The van der Waals surface area contributed by atoms with Crippen LogP contribution in [0.2, 0.25) is 0 Å². The highest BCUT2D eigenvalue weighted by molar-refractivity contribution is 5.06. The van der Waals surface area contributed by atoms with Crippen molar-refractivity contribution in [2.75, 3.05) is 0 Å². The first-order valence-electron chi connectivity index (χ1n) is 5.79. The van der Waals surface area contributed by atoms with Gasteiger partial charge in [-0.2, -0.15) is 4.39 Å². The molecule has 0 aliphatic heterocycles. The smallest absolute Gasteiger partial charge is 0.219 e. The minimum Gasteiger partial charge on any atom is -0.474 e. The molecule has 2 rings (SSSR count). The van der Waals surface area contributed by atoms with Gasteiger partial charge in [0, 0.05) is 0 Å². The molecule has 3 nitrogen and oxygen atoms in total. The minimum absolute atomic E-state index is 0.167. The number of hydrogen-bond donors (Lipinski definition) is 0. The van der Waals surface area contributed by atoms with Crippen LogP contribution in [0.1, 0.15) is 33.1 Å². The van der Waals surface area contributed by atoms with Crippen molar-refractivity contribution in [2.24, 2.45) is 11.8 Å². The molecule has 1 aromatic rings. The fourth-order valence-electron chi connectivity index (χ4n) is 2.16. The summed E-state index contributed by atoms with van der Waals surface area (Å²) in [6.45, 7) is 4.51.